The average Bonchev–Trinajstić information content (AvgIpc) is 2.65. The number of nitrogens with zero attached hydrogens (tertiary/aromatic N) is 2. The van der Waals surface area contributed by atoms with Crippen molar-refractivity contribution in [2.24, 2.45) is 5.73 Å². The number of hydrogen-bond acceptors (Lipinski definition) is 2. The molecule has 0 bridgehead atoms. The smallest absolute Gasteiger partial charge is 0.109 e. The summed E-state index contributed by atoms with van der Waals surface area (Å²) in [5, 5.41) is 0.767. The molecule has 0 saturated heterocycles. The highest BCUT2D eigenvalue weighted by molar-refractivity contribution is 6.35. The van der Waals surface area contributed by atoms with E-state index in [-0.39, 0.29) is 6.04 Å². The first kappa shape index (κ1) is 12.4. The Morgan fingerprint density at radius 1 is 1.47 bits per heavy atom. The summed E-state index contributed by atoms with van der Waals surface area (Å²) in [6, 6.07) is 6.05. The summed E-state index contributed by atoms with van der Waals surface area (Å²) in [7, 11) is 0. The van der Waals surface area contributed by atoms with Crippen molar-refractivity contribution in [1.82, 2.24) is 9.55 Å². The quantitative estimate of drug-likeness (QED) is 0.908. The van der Waals surface area contributed by atoms with E-state index in [1.165, 1.54) is 0 Å². The molecule has 0 amide bonds. The molecule has 0 spiro atoms. The molecule has 0 fully saturated rings. The molecule has 1 aromatic carbocycles. The lowest BCUT2D eigenvalue weighted by Crippen LogP contribution is -2.16. The van der Waals surface area contributed by atoms with Crippen molar-refractivity contribution in [2.45, 2.75) is 39.3 Å². The number of rotatable bonds is 4. The molecule has 1 atom stereocenters. The van der Waals surface area contributed by atoms with Crippen molar-refractivity contribution in [1.29, 1.82) is 0 Å². The molecule has 2 N–H and O–H groups in total. The van der Waals surface area contributed by atoms with Crippen molar-refractivity contribution >= 4 is 22.6 Å². The largest absolute Gasteiger partial charge is 0.328 e. The Balaban J connectivity index is 2.45. The van der Waals surface area contributed by atoms with Crippen LogP contribution in [0.3, 0.4) is 0 Å². The van der Waals surface area contributed by atoms with Crippen molar-refractivity contribution in [2.75, 3.05) is 0 Å². The van der Waals surface area contributed by atoms with Crippen molar-refractivity contribution < 1.29 is 0 Å². The van der Waals surface area contributed by atoms with Crippen LogP contribution in [0.1, 0.15) is 26.1 Å². The maximum Gasteiger partial charge on any atom is 0.109 e. The number of imidazole rings is 1. The van der Waals surface area contributed by atoms with Gasteiger partial charge in [-0.1, -0.05) is 17.7 Å². The van der Waals surface area contributed by atoms with Crippen LogP contribution in [0.25, 0.3) is 11.0 Å². The van der Waals surface area contributed by atoms with E-state index in [0.717, 1.165) is 41.3 Å². The van der Waals surface area contributed by atoms with Gasteiger partial charge in [0.15, 0.2) is 0 Å². The Kier molecular flexibility index (Phi) is 3.69. The van der Waals surface area contributed by atoms with Crippen LogP contribution in [0.4, 0.5) is 0 Å². The number of fused-ring (bicyclic) bond motifs is 1. The predicted molar refractivity (Wildman–Crippen MR) is 72.4 cm³/mol. The fourth-order valence-electron chi connectivity index (χ4n) is 2.08. The molecule has 0 radical (unpaired) electrons. The Morgan fingerprint density at radius 2 is 2.24 bits per heavy atom. The molecule has 92 valence electrons. The predicted octanol–water partition coefficient (Wildman–Crippen LogP) is 2.99. The summed E-state index contributed by atoms with van der Waals surface area (Å²) in [4.78, 5) is 4.64. The number of aromatic nitrogens is 2. The van der Waals surface area contributed by atoms with Gasteiger partial charge < -0.3 is 10.3 Å². The van der Waals surface area contributed by atoms with Crippen molar-refractivity contribution in [3.05, 3.63) is 29.0 Å². The molecule has 1 unspecified atom stereocenters. The van der Waals surface area contributed by atoms with Crippen molar-refractivity contribution in [3.8, 4) is 0 Å². The lowest BCUT2D eigenvalue weighted by molar-refractivity contribution is 0.620. The average molecular weight is 252 g/mol. The third kappa shape index (κ3) is 2.45. The number of para-hydroxylation sites is 1. The molecule has 3 nitrogen and oxygen atoms in total. The summed E-state index contributed by atoms with van der Waals surface area (Å²) in [5.74, 6) is 1.08. The van der Waals surface area contributed by atoms with E-state index in [4.69, 9.17) is 17.3 Å². The van der Waals surface area contributed by atoms with Crippen LogP contribution in [0.2, 0.25) is 5.02 Å². The zero-order chi connectivity index (χ0) is 12.4. The second-order valence-corrected chi connectivity index (χ2v) is 4.80. The summed E-state index contributed by atoms with van der Waals surface area (Å²) < 4.78 is 2.18. The fourth-order valence-corrected chi connectivity index (χ4v) is 2.35. The third-order valence-electron chi connectivity index (χ3n) is 2.94. The number of halogens is 1. The lowest BCUT2D eigenvalue weighted by atomic mass is 10.2. The van der Waals surface area contributed by atoms with E-state index >= 15 is 0 Å². The van der Waals surface area contributed by atoms with Gasteiger partial charge in [-0.05, 0) is 32.4 Å². The molecule has 0 aliphatic rings. The van der Waals surface area contributed by atoms with Gasteiger partial charge in [-0.15, -0.1) is 0 Å². The Bertz CT molecular complexity index is 517. The van der Waals surface area contributed by atoms with E-state index in [2.05, 4.69) is 16.5 Å². The SMILES string of the molecule is CCn1c(CCC(C)N)nc2cccc(Cl)c21. The zero-order valence-electron chi connectivity index (χ0n) is 10.3. The minimum atomic E-state index is 0.204. The molecule has 4 heteroatoms. The second-order valence-electron chi connectivity index (χ2n) is 4.40. The molecule has 2 aromatic rings. The van der Waals surface area contributed by atoms with Gasteiger partial charge in [-0.3, -0.25) is 0 Å². The molecule has 1 heterocycles. The summed E-state index contributed by atoms with van der Waals surface area (Å²) in [6.45, 7) is 5.01. The summed E-state index contributed by atoms with van der Waals surface area (Å²) >= 11 is 6.23. The molecular formula is C13H18ClN3. The maximum atomic E-state index is 6.23. The highest BCUT2D eigenvalue weighted by atomic mass is 35.5. The van der Waals surface area contributed by atoms with Gasteiger partial charge >= 0.3 is 0 Å². The standard InChI is InChI=1S/C13H18ClN3/c1-3-17-12(8-7-9(2)15)16-11-6-4-5-10(14)13(11)17/h4-6,9H,3,7-8,15H2,1-2H3. The van der Waals surface area contributed by atoms with Gasteiger partial charge in [0.25, 0.3) is 0 Å². The molecular weight excluding hydrogens is 234 g/mol. The Hall–Kier alpha value is -1.06. The van der Waals surface area contributed by atoms with E-state index in [1.807, 2.05) is 25.1 Å². The first-order valence-electron chi connectivity index (χ1n) is 6.02. The number of aryl methyl sites for hydroxylation is 2. The molecule has 0 aliphatic heterocycles. The van der Waals surface area contributed by atoms with Crippen LogP contribution in [0.5, 0.6) is 0 Å². The van der Waals surface area contributed by atoms with Gasteiger partial charge in [-0.2, -0.15) is 0 Å². The molecule has 17 heavy (non-hydrogen) atoms. The number of benzene rings is 1. The minimum absolute atomic E-state index is 0.204. The Labute approximate surface area is 107 Å². The highest BCUT2D eigenvalue weighted by Gasteiger charge is 2.12. The highest BCUT2D eigenvalue weighted by Crippen LogP contribution is 2.25. The number of nitrogens with two attached hydrogens (primary N) is 1. The van der Waals surface area contributed by atoms with Gasteiger partial charge in [0, 0.05) is 19.0 Å². The van der Waals surface area contributed by atoms with Crippen LogP contribution < -0.4 is 5.73 Å². The maximum absolute atomic E-state index is 6.23. The first-order valence-corrected chi connectivity index (χ1v) is 6.40. The van der Waals surface area contributed by atoms with Crippen LogP contribution in [-0.4, -0.2) is 15.6 Å². The second kappa shape index (κ2) is 5.07. The van der Waals surface area contributed by atoms with Crippen LogP contribution in [0.15, 0.2) is 18.2 Å². The summed E-state index contributed by atoms with van der Waals surface area (Å²) in [6.07, 6.45) is 1.84. The van der Waals surface area contributed by atoms with Gasteiger partial charge in [-0.25, -0.2) is 4.98 Å². The van der Waals surface area contributed by atoms with Crippen LogP contribution >= 0.6 is 11.6 Å². The van der Waals surface area contributed by atoms with Gasteiger partial charge in [0.1, 0.15) is 5.82 Å². The van der Waals surface area contributed by atoms with Crippen LogP contribution in [0, 0.1) is 0 Å². The minimum Gasteiger partial charge on any atom is -0.328 e. The first-order chi connectivity index (χ1) is 8.13. The summed E-state index contributed by atoms with van der Waals surface area (Å²) in [5.41, 5.74) is 7.80. The Morgan fingerprint density at radius 3 is 2.88 bits per heavy atom. The van der Waals surface area contributed by atoms with E-state index in [1.54, 1.807) is 0 Å². The van der Waals surface area contributed by atoms with E-state index in [0.29, 0.717) is 0 Å². The van der Waals surface area contributed by atoms with Gasteiger partial charge in [0.2, 0.25) is 0 Å². The van der Waals surface area contributed by atoms with E-state index < -0.39 is 0 Å². The monoisotopic (exact) mass is 251 g/mol. The molecule has 2 rings (SSSR count). The zero-order valence-corrected chi connectivity index (χ0v) is 11.0. The van der Waals surface area contributed by atoms with E-state index in [9.17, 15) is 0 Å². The third-order valence-corrected chi connectivity index (χ3v) is 3.24. The topological polar surface area (TPSA) is 43.8 Å². The lowest BCUT2D eigenvalue weighted by Gasteiger charge is -2.08. The molecule has 0 saturated carbocycles. The number of hydrogen-bond donors (Lipinski definition) is 1. The van der Waals surface area contributed by atoms with Gasteiger partial charge in [0.05, 0.1) is 16.1 Å². The van der Waals surface area contributed by atoms with Crippen LogP contribution in [-0.2, 0) is 13.0 Å². The molecule has 0 aliphatic carbocycles. The van der Waals surface area contributed by atoms with Crippen molar-refractivity contribution in [3.63, 3.8) is 0 Å². The fraction of sp³-hybridized carbons (Fsp3) is 0.462. The normalized spacial score (nSPS) is 13.2. The molecule has 1 aromatic heterocycles.